The molecule has 110 valence electrons. The van der Waals surface area contributed by atoms with Crippen molar-refractivity contribution in [3.63, 3.8) is 0 Å². The molecule has 0 fully saturated rings. The molecule has 0 radical (unpaired) electrons. The summed E-state index contributed by atoms with van der Waals surface area (Å²) in [5.74, 6) is 0. The average Bonchev–Trinajstić information content (AvgIpc) is 2.60. The van der Waals surface area contributed by atoms with Crippen molar-refractivity contribution in [2.24, 2.45) is 0 Å². The number of benzene rings is 1. The fourth-order valence-electron chi connectivity index (χ4n) is 2.39. The quantitative estimate of drug-likeness (QED) is 0.854. The van der Waals surface area contributed by atoms with E-state index in [9.17, 15) is 10.5 Å². The Labute approximate surface area is 131 Å². The van der Waals surface area contributed by atoms with Gasteiger partial charge in [0, 0.05) is 11.0 Å². The molecule has 0 bridgehead atoms. The third-order valence-corrected chi connectivity index (χ3v) is 4.29. The Hall–Kier alpha value is -2.72. The molecular weight excluding hydrogens is 272 g/mol. The van der Waals surface area contributed by atoms with Crippen molar-refractivity contribution in [2.75, 3.05) is 0 Å². The van der Waals surface area contributed by atoms with Gasteiger partial charge in [-0.05, 0) is 12.8 Å². The van der Waals surface area contributed by atoms with Gasteiger partial charge in [0.1, 0.15) is 12.1 Å². The second-order valence-corrected chi connectivity index (χ2v) is 5.48. The molecule has 1 heterocycles. The van der Waals surface area contributed by atoms with Gasteiger partial charge in [0.15, 0.2) is 11.4 Å². The van der Waals surface area contributed by atoms with Crippen molar-refractivity contribution >= 4 is 0 Å². The molecule has 0 amide bonds. The third kappa shape index (κ3) is 2.69. The predicted octanol–water partition coefficient (Wildman–Crippen LogP) is 3.96. The van der Waals surface area contributed by atoms with E-state index in [1.54, 1.807) is 0 Å². The number of rotatable bonds is 4. The standard InChI is InChI=1S/C18H18N4/c1-4-18(3,5-2)17-16(13-9-7-6-8-10-13)21-14(11-19)15(12-20)22-17/h6-10H,4-5H2,1-3H3. The molecule has 0 atom stereocenters. The molecule has 1 aromatic carbocycles. The van der Waals surface area contributed by atoms with Gasteiger partial charge in [-0.3, -0.25) is 0 Å². The van der Waals surface area contributed by atoms with Crippen molar-refractivity contribution in [2.45, 2.75) is 39.0 Å². The van der Waals surface area contributed by atoms with E-state index in [1.807, 2.05) is 42.5 Å². The van der Waals surface area contributed by atoms with Crippen LogP contribution in [0.4, 0.5) is 0 Å². The van der Waals surface area contributed by atoms with E-state index in [1.165, 1.54) is 0 Å². The molecule has 0 aliphatic rings. The minimum absolute atomic E-state index is 0.0830. The monoisotopic (exact) mass is 290 g/mol. The zero-order valence-electron chi connectivity index (χ0n) is 13.1. The van der Waals surface area contributed by atoms with Crippen LogP contribution in [-0.2, 0) is 5.41 Å². The van der Waals surface area contributed by atoms with E-state index in [0.29, 0.717) is 5.69 Å². The van der Waals surface area contributed by atoms with E-state index in [4.69, 9.17) is 0 Å². The highest BCUT2D eigenvalue weighted by Crippen LogP contribution is 2.36. The fraction of sp³-hybridized carbons (Fsp3) is 0.333. The zero-order chi connectivity index (χ0) is 16.2. The second kappa shape index (κ2) is 6.37. The minimum Gasteiger partial charge on any atom is -0.236 e. The van der Waals surface area contributed by atoms with Gasteiger partial charge >= 0.3 is 0 Å². The molecule has 0 N–H and O–H groups in total. The number of aromatic nitrogens is 2. The summed E-state index contributed by atoms with van der Waals surface area (Å²) in [7, 11) is 0. The molecule has 22 heavy (non-hydrogen) atoms. The van der Waals surface area contributed by atoms with Crippen LogP contribution in [0.2, 0.25) is 0 Å². The number of nitrogens with zero attached hydrogens (tertiary/aromatic N) is 4. The molecule has 2 aromatic rings. The van der Waals surface area contributed by atoms with Gasteiger partial charge < -0.3 is 0 Å². The first kappa shape index (κ1) is 15.7. The highest BCUT2D eigenvalue weighted by atomic mass is 14.9. The van der Waals surface area contributed by atoms with Gasteiger partial charge in [-0.25, -0.2) is 9.97 Å². The smallest absolute Gasteiger partial charge is 0.177 e. The minimum atomic E-state index is -0.183. The molecule has 0 saturated heterocycles. The molecule has 0 saturated carbocycles. The lowest BCUT2D eigenvalue weighted by molar-refractivity contribution is 0.425. The highest BCUT2D eigenvalue weighted by molar-refractivity contribution is 5.64. The van der Waals surface area contributed by atoms with Gasteiger partial charge in [0.2, 0.25) is 0 Å². The maximum Gasteiger partial charge on any atom is 0.177 e. The fourth-order valence-corrected chi connectivity index (χ4v) is 2.39. The SMILES string of the molecule is CCC(C)(CC)c1nc(C#N)c(C#N)nc1-c1ccccc1. The van der Waals surface area contributed by atoms with Crippen molar-refractivity contribution < 1.29 is 0 Å². The summed E-state index contributed by atoms with van der Waals surface area (Å²) in [4.78, 5) is 8.95. The summed E-state index contributed by atoms with van der Waals surface area (Å²) < 4.78 is 0. The van der Waals surface area contributed by atoms with Gasteiger partial charge in [-0.2, -0.15) is 10.5 Å². The predicted molar refractivity (Wildman–Crippen MR) is 84.8 cm³/mol. The molecule has 0 unspecified atom stereocenters. The summed E-state index contributed by atoms with van der Waals surface area (Å²) in [6, 6.07) is 13.7. The van der Waals surface area contributed by atoms with E-state index in [-0.39, 0.29) is 16.8 Å². The van der Waals surface area contributed by atoms with Gasteiger partial charge in [-0.1, -0.05) is 51.1 Å². The maximum atomic E-state index is 9.24. The summed E-state index contributed by atoms with van der Waals surface area (Å²) in [6.07, 6.45) is 1.77. The summed E-state index contributed by atoms with van der Waals surface area (Å²) in [5.41, 5.74) is 2.41. The summed E-state index contributed by atoms with van der Waals surface area (Å²) >= 11 is 0. The average molecular weight is 290 g/mol. The first-order valence-corrected chi connectivity index (χ1v) is 7.37. The molecule has 0 spiro atoms. The number of hydrogen-bond donors (Lipinski definition) is 0. The second-order valence-electron chi connectivity index (χ2n) is 5.48. The van der Waals surface area contributed by atoms with E-state index >= 15 is 0 Å². The lowest BCUT2D eigenvalue weighted by Gasteiger charge is -2.28. The molecule has 4 heteroatoms. The van der Waals surface area contributed by atoms with E-state index in [0.717, 1.165) is 24.1 Å². The van der Waals surface area contributed by atoms with Crippen LogP contribution in [0.15, 0.2) is 30.3 Å². The summed E-state index contributed by atoms with van der Waals surface area (Å²) in [5, 5.41) is 18.5. The van der Waals surface area contributed by atoms with Crippen molar-refractivity contribution in [3.05, 3.63) is 47.4 Å². The first-order valence-electron chi connectivity index (χ1n) is 7.37. The first-order chi connectivity index (χ1) is 10.6. The largest absolute Gasteiger partial charge is 0.236 e. The van der Waals surface area contributed by atoms with Gasteiger partial charge in [0.25, 0.3) is 0 Å². The van der Waals surface area contributed by atoms with Crippen LogP contribution in [0, 0.1) is 22.7 Å². The number of nitriles is 2. The molecule has 1 aromatic heterocycles. The molecule has 0 aliphatic carbocycles. The Morgan fingerprint density at radius 3 is 2.00 bits per heavy atom. The van der Waals surface area contributed by atoms with Crippen LogP contribution in [0.3, 0.4) is 0 Å². The Bertz CT molecular complexity index is 747. The Morgan fingerprint density at radius 2 is 1.50 bits per heavy atom. The number of hydrogen-bond acceptors (Lipinski definition) is 4. The highest BCUT2D eigenvalue weighted by Gasteiger charge is 2.30. The van der Waals surface area contributed by atoms with Crippen molar-refractivity contribution in [3.8, 4) is 23.4 Å². The van der Waals surface area contributed by atoms with Crippen molar-refractivity contribution in [1.29, 1.82) is 10.5 Å². The lowest BCUT2D eigenvalue weighted by atomic mass is 9.79. The van der Waals surface area contributed by atoms with E-state index < -0.39 is 0 Å². The van der Waals surface area contributed by atoms with Crippen LogP contribution < -0.4 is 0 Å². The Morgan fingerprint density at radius 1 is 0.955 bits per heavy atom. The maximum absolute atomic E-state index is 9.24. The third-order valence-electron chi connectivity index (χ3n) is 4.29. The molecular formula is C18H18N4. The Balaban J connectivity index is 2.81. The Kier molecular flexibility index (Phi) is 4.53. The normalized spacial score (nSPS) is 10.8. The zero-order valence-corrected chi connectivity index (χ0v) is 13.1. The van der Waals surface area contributed by atoms with Crippen LogP contribution in [0.25, 0.3) is 11.3 Å². The van der Waals surface area contributed by atoms with Crippen LogP contribution >= 0.6 is 0 Å². The van der Waals surface area contributed by atoms with Crippen LogP contribution in [0.1, 0.15) is 50.7 Å². The van der Waals surface area contributed by atoms with Crippen LogP contribution in [-0.4, -0.2) is 9.97 Å². The molecule has 0 aliphatic heterocycles. The van der Waals surface area contributed by atoms with E-state index in [2.05, 4.69) is 30.7 Å². The van der Waals surface area contributed by atoms with Gasteiger partial charge in [-0.15, -0.1) is 0 Å². The van der Waals surface area contributed by atoms with Crippen molar-refractivity contribution in [1.82, 2.24) is 9.97 Å². The molecule has 4 nitrogen and oxygen atoms in total. The summed E-state index contributed by atoms with van der Waals surface area (Å²) in [6.45, 7) is 6.32. The lowest BCUT2D eigenvalue weighted by Crippen LogP contribution is -2.24. The van der Waals surface area contributed by atoms with Gasteiger partial charge in [0.05, 0.1) is 11.4 Å². The van der Waals surface area contributed by atoms with Crippen LogP contribution in [0.5, 0.6) is 0 Å². The molecule has 2 rings (SSSR count). The topological polar surface area (TPSA) is 73.4 Å².